The van der Waals surface area contributed by atoms with Gasteiger partial charge < -0.3 is 35.1 Å². The minimum absolute atomic E-state index is 0.0505. The third-order valence-electron chi connectivity index (χ3n) is 13.1. The van der Waals surface area contributed by atoms with Crippen molar-refractivity contribution in [2.45, 2.75) is 64.8 Å². The van der Waals surface area contributed by atoms with Crippen LogP contribution in [0.1, 0.15) is 63.5 Å². The van der Waals surface area contributed by atoms with Gasteiger partial charge in [-0.3, -0.25) is 24.8 Å². The van der Waals surface area contributed by atoms with Crippen molar-refractivity contribution < 1.29 is 27.7 Å². The summed E-state index contributed by atoms with van der Waals surface area (Å²) in [4.78, 5) is 45.4. The van der Waals surface area contributed by atoms with E-state index < -0.39 is 36.5 Å². The molecule has 1 unspecified atom stereocenters. The lowest BCUT2D eigenvalue weighted by Gasteiger charge is -2.45. The number of imide groups is 1. The van der Waals surface area contributed by atoms with Gasteiger partial charge in [-0.05, 0) is 90.2 Å². The average Bonchev–Trinajstić information content (AvgIpc) is 3.29. The maximum atomic E-state index is 15.1. The number of benzene rings is 3. The fraction of sp³-hybridized carbons (Fsp3) is 0.449. The number of aryl methyl sites for hydroxylation is 1. The number of piperazine rings is 1. The van der Waals surface area contributed by atoms with Crippen LogP contribution in [0, 0.1) is 17.0 Å². The first-order valence-electron chi connectivity index (χ1n) is 23.0. The first kappa shape index (κ1) is 48.2. The van der Waals surface area contributed by atoms with Gasteiger partial charge >= 0.3 is 0 Å². The van der Waals surface area contributed by atoms with Gasteiger partial charge in [0.1, 0.15) is 30.3 Å². The molecule has 67 heavy (non-hydrogen) atoms. The topological polar surface area (TPSA) is 157 Å². The van der Waals surface area contributed by atoms with Gasteiger partial charge in [0.2, 0.25) is 17.8 Å². The third-order valence-corrected chi connectivity index (χ3v) is 15.3. The molecule has 3 aliphatic heterocycles. The van der Waals surface area contributed by atoms with Crippen molar-refractivity contribution >= 4 is 85.6 Å². The van der Waals surface area contributed by atoms with E-state index in [-0.39, 0.29) is 23.8 Å². The molecule has 4 N–H and O–H groups in total. The molecule has 5 heterocycles. The molecule has 5 aromatic rings. The molecule has 3 saturated heterocycles. The van der Waals surface area contributed by atoms with Gasteiger partial charge in [0.25, 0.3) is 0 Å². The number of methoxy groups -OCH3 is 1. The van der Waals surface area contributed by atoms with Crippen molar-refractivity contribution in [2.75, 3.05) is 93.6 Å². The Morgan fingerprint density at radius 3 is 2.31 bits per heavy atom. The highest BCUT2D eigenvalue weighted by atomic mass is 79.9. The van der Waals surface area contributed by atoms with Gasteiger partial charge in [0.05, 0.1) is 40.6 Å². The van der Waals surface area contributed by atoms with E-state index in [4.69, 9.17) is 9.72 Å². The summed E-state index contributed by atoms with van der Waals surface area (Å²) in [5.74, 6) is -2.13. The van der Waals surface area contributed by atoms with E-state index in [0.29, 0.717) is 51.3 Å². The summed E-state index contributed by atoms with van der Waals surface area (Å²) in [6.07, 6.45) is 6.45. The molecular formula is C49H60BrF2N10O4P. The highest BCUT2D eigenvalue weighted by molar-refractivity contribution is 9.10. The molecule has 2 aromatic heterocycles. The van der Waals surface area contributed by atoms with E-state index in [1.54, 1.807) is 32.8 Å². The summed E-state index contributed by atoms with van der Waals surface area (Å²) in [7, 11) is -1.05. The van der Waals surface area contributed by atoms with Crippen molar-refractivity contribution in [3.8, 4) is 5.75 Å². The summed E-state index contributed by atoms with van der Waals surface area (Å²) >= 11 is 3.60. The van der Waals surface area contributed by atoms with Crippen LogP contribution in [-0.4, -0.2) is 115 Å². The predicted octanol–water partition coefficient (Wildman–Crippen LogP) is 8.62. The first-order chi connectivity index (χ1) is 32.0. The van der Waals surface area contributed by atoms with Crippen LogP contribution in [0.4, 0.5) is 43.3 Å². The van der Waals surface area contributed by atoms with Crippen LogP contribution >= 0.6 is 23.1 Å². The number of ether oxygens (including phenoxy) is 1. The Hall–Kier alpha value is -5.22. The number of aromatic nitrogens is 3. The Balaban J connectivity index is 0.848. The number of piperidine rings is 2. The molecule has 3 aromatic carbocycles. The molecule has 3 fully saturated rings. The summed E-state index contributed by atoms with van der Waals surface area (Å²) < 4.78 is 50.5. The lowest BCUT2D eigenvalue weighted by atomic mass is 9.89. The standard InChI is InChI=1S/C49H60BrF2N10O4P/c1-7-30-22-39(57-48-54-26-35(50)46(59-48)56-40-27-53-38-11-9-8-10-33(38)45(40)67(5,6)65)42(66-4)25-41(30)62-16-14-32(15-17-62)61-20-18-60(19-21-61)29-49(2,3)28-55-31-23-36(51)44(37(52)24-31)34-12-13-43(63)58-47(34)64/h8-11,22-27,32,34,55H,7,12-21,28-29H2,1-6H3,(H,58,63,64)(H2,54,56,57,59). The van der Waals surface area contributed by atoms with Gasteiger partial charge in [-0.25, -0.2) is 13.8 Å². The number of rotatable bonds is 15. The average molecular weight is 1000 g/mol. The Labute approximate surface area is 399 Å². The number of hydrogen-bond acceptors (Lipinski definition) is 13. The molecule has 356 valence electrons. The Kier molecular flexibility index (Phi) is 14.5. The lowest BCUT2D eigenvalue weighted by Crippen LogP contribution is -2.54. The molecule has 1 atom stereocenters. The van der Waals surface area contributed by atoms with Crippen LogP contribution in [0.15, 0.2) is 65.4 Å². The molecule has 0 spiro atoms. The van der Waals surface area contributed by atoms with E-state index in [2.05, 4.69) is 94.8 Å². The highest BCUT2D eigenvalue weighted by Crippen LogP contribution is 2.42. The number of carbonyl (C=O) groups is 2. The monoisotopic (exact) mass is 1000 g/mol. The number of pyridine rings is 1. The molecule has 2 amide bonds. The zero-order valence-electron chi connectivity index (χ0n) is 39.0. The number of amides is 2. The Bertz CT molecular complexity index is 2680. The van der Waals surface area contributed by atoms with Crippen LogP contribution in [0.3, 0.4) is 0 Å². The fourth-order valence-corrected chi connectivity index (χ4v) is 11.5. The highest BCUT2D eigenvalue weighted by Gasteiger charge is 2.34. The zero-order valence-corrected chi connectivity index (χ0v) is 41.5. The molecule has 0 saturated carbocycles. The van der Waals surface area contributed by atoms with E-state index in [1.807, 2.05) is 24.3 Å². The quantitative estimate of drug-likeness (QED) is 0.0585. The number of hydrogen-bond donors (Lipinski definition) is 4. The number of carbonyl (C=O) groups excluding carboxylic acids is 2. The summed E-state index contributed by atoms with van der Waals surface area (Å²) in [6.45, 7) is 17.0. The number of anilines is 6. The minimum atomic E-state index is -2.72. The van der Waals surface area contributed by atoms with Gasteiger partial charge in [-0.15, -0.1) is 0 Å². The summed E-state index contributed by atoms with van der Waals surface area (Å²) in [5.41, 5.74) is 4.36. The van der Waals surface area contributed by atoms with E-state index in [0.717, 1.165) is 81.7 Å². The van der Waals surface area contributed by atoms with Crippen molar-refractivity contribution in [3.05, 3.63) is 88.2 Å². The Morgan fingerprint density at radius 2 is 1.64 bits per heavy atom. The van der Waals surface area contributed by atoms with Crippen LogP contribution in [0.25, 0.3) is 10.9 Å². The second-order valence-corrected chi connectivity index (χ2v) is 23.0. The molecule has 0 bridgehead atoms. The second kappa shape index (κ2) is 20.2. The van der Waals surface area contributed by atoms with Crippen molar-refractivity contribution in [2.24, 2.45) is 5.41 Å². The molecule has 8 rings (SSSR count). The zero-order chi connectivity index (χ0) is 47.6. The maximum Gasteiger partial charge on any atom is 0.234 e. The van der Waals surface area contributed by atoms with Crippen LogP contribution in [0.5, 0.6) is 5.75 Å². The van der Waals surface area contributed by atoms with Gasteiger partial charge in [0.15, 0.2) is 0 Å². The van der Waals surface area contributed by atoms with Crippen LogP contribution < -0.4 is 36.2 Å². The SMILES string of the molecule is CCc1cc(Nc2ncc(Br)c(Nc3cnc4ccccc4c3P(C)(C)=O)n2)c(OC)cc1N1CCC(N2CCN(CC(C)(C)CNc3cc(F)c(C4CCC(=O)NC4=O)c(F)c3)CC2)CC1. The first-order valence-corrected chi connectivity index (χ1v) is 26.4. The number of nitrogens with zero attached hydrogens (tertiary/aromatic N) is 6. The van der Waals surface area contributed by atoms with Crippen LogP contribution in [-0.2, 0) is 20.6 Å². The van der Waals surface area contributed by atoms with Crippen molar-refractivity contribution in [1.29, 1.82) is 0 Å². The van der Waals surface area contributed by atoms with E-state index in [1.165, 1.54) is 23.4 Å². The van der Waals surface area contributed by atoms with Gasteiger partial charge in [0, 0.05) is 105 Å². The van der Waals surface area contributed by atoms with Crippen molar-refractivity contribution in [1.82, 2.24) is 30.1 Å². The minimum Gasteiger partial charge on any atom is -0.494 e. The number of halogens is 3. The molecule has 3 aliphatic rings. The molecule has 0 aliphatic carbocycles. The van der Waals surface area contributed by atoms with Crippen LogP contribution in [0.2, 0.25) is 0 Å². The maximum absolute atomic E-state index is 15.1. The normalized spacial score (nSPS) is 18.0. The summed E-state index contributed by atoms with van der Waals surface area (Å²) in [5, 5.41) is 13.7. The molecule has 14 nitrogen and oxygen atoms in total. The fourth-order valence-electron chi connectivity index (χ4n) is 9.77. The lowest BCUT2D eigenvalue weighted by molar-refractivity contribution is -0.134. The molecular weight excluding hydrogens is 941 g/mol. The molecule has 0 radical (unpaired) electrons. The smallest absolute Gasteiger partial charge is 0.234 e. The van der Waals surface area contributed by atoms with Gasteiger partial charge in [-0.1, -0.05) is 39.0 Å². The van der Waals surface area contributed by atoms with Crippen molar-refractivity contribution in [3.63, 3.8) is 0 Å². The largest absolute Gasteiger partial charge is 0.494 e. The number of para-hydroxylation sites is 1. The third kappa shape index (κ3) is 11.1. The van der Waals surface area contributed by atoms with E-state index >= 15 is 8.78 Å². The summed E-state index contributed by atoms with van der Waals surface area (Å²) in [6, 6.07) is 14.9. The number of fused-ring (bicyclic) bond motifs is 1. The number of nitrogens with one attached hydrogen (secondary N) is 4. The predicted molar refractivity (Wildman–Crippen MR) is 267 cm³/mol. The second-order valence-electron chi connectivity index (χ2n) is 19.0. The van der Waals surface area contributed by atoms with E-state index in [9.17, 15) is 14.2 Å². The Morgan fingerprint density at radius 1 is 0.925 bits per heavy atom. The van der Waals surface area contributed by atoms with Gasteiger partial charge in [-0.2, -0.15) is 4.98 Å². The molecule has 18 heteroatoms.